The number of hydrogen-bond acceptors (Lipinski definition) is 5. The maximum absolute atomic E-state index is 13.0. The van der Waals surface area contributed by atoms with Gasteiger partial charge < -0.3 is 10.2 Å². The van der Waals surface area contributed by atoms with Crippen molar-refractivity contribution in [3.63, 3.8) is 0 Å². The highest BCUT2D eigenvalue weighted by atomic mass is 16.4. The lowest BCUT2D eigenvalue weighted by molar-refractivity contribution is -0.136. The first kappa shape index (κ1) is 17.6. The number of nitrogens with zero attached hydrogens (tertiary/aromatic N) is 2. The number of amides is 1. The second-order valence-electron chi connectivity index (χ2n) is 6.02. The lowest BCUT2D eigenvalue weighted by Gasteiger charge is -2.25. The number of aliphatic carboxylic acids is 1. The Labute approximate surface area is 150 Å². The molecule has 134 valence electrons. The Morgan fingerprint density at radius 2 is 1.85 bits per heavy atom. The molecule has 0 spiro atoms. The SMILES string of the molecule is CC1=NN(c2ccccc2)C(=O)C1C(NCC(=O)O)c1ccccc1O. The van der Waals surface area contributed by atoms with Gasteiger partial charge in [-0.1, -0.05) is 36.4 Å². The Morgan fingerprint density at radius 3 is 2.50 bits per heavy atom. The number of aromatic hydroxyl groups is 1. The molecule has 1 heterocycles. The summed E-state index contributed by atoms with van der Waals surface area (Å²) in [6.07, 6.45) is 0. The van der Waals surface area contributed by atoms with E-state index in [1.165, 1.54) is 11.1 Å². The van der Waals surface area contributed by atoms with E-state index in [0.717, 1.165) is 0 Å². The average Bonchev–Trinajstić information content (AvgIpc) is 2.92. The Balaban J connectivity index is 1.96. The predicted octanol–water partition coefficient (Wildman–Crippen LogP) is 2.15. The summed E-state index contributed by atoms with van der Waals surface area (Å²) in [5, 5.41) is 27.8. The van der Waals surface area contributed by atoms with Gasteiger partial charge in [-0.2, -0.15) is 5.10 Å². The predicted molar refractivity (Wildman–Crippen MR) is 97.0 cm³/mol. The van der Waals surface area contributed by atoms with Crippen LogP contribution in [0.15, 0.2) is 59.7 Å². The smallest absolute Gasteiger partial charge is 0.317 e. The van der Waals surface area contributed by atoms with Crippen molar-refractivity contribution in [1.82, 2.24) is 5.32 Å². The van der Waals surface area contributed by atoms with E-state index in [4.69, 9.17) is 5.11 Å². The Morgan fingerprint density at radius 1 is 1.19 bits per heavy atom. The quantitative estimate of drug-likeness (QED) is 0.738. The standard InChI is InChI=1S/C19H19N3O4/c1-12-17(19(26)22(21-12)13-7-3-2-4-8-13)18(20-11-16(24)25)14-9-5-6-10-15(14)23/h2-10,17-18,20,23H,11H2,1H3,(H,24,25). The van der Waals surface area contributed by atoms with Gasteiger partial charge in [-0.3, -0.25) is 14.9 Å². The molecule has 1 aliphatic rings. The van der Waals surface area contributed by atoms with Crippen molar-refractivity contribution >= 4 is 23.3 Å². The number of carboxylic acid groups (broad SMARTS) is 1. The van der Waals surface area contributed by atoms with Crippen LogP contribution in [0.3, 0.4) is 0 Å². The number of carbonyl (C=O) groups excluding carboxylic acids is 1. The molecule has 2 aromatic carbocycles. The average molecular weight is 353 g/mol. The summed E-state index contributed by atoms with van der Waals surface area (Å²) in [7, 11) is 0. The van der Waals surface area contributed by atoms with Crippen LogP contribution in [0.4, 0.5) is 5.69 Å². The maximum Gasteiger partial charge on any atom is 0.317 e. The van der Waals surface area contributed by atoms with Crippen molar-refractivity contribution in [3.05, 3.63) is 60.2 Å². The zero-order valence-electron chi connectivity index (χ0n) is 14.2. The normalized spacial score (nSPS) is 17.9. The highest BCUT2D eigenvalue weighted by Gasteiger charge is 2.41. The molecule has 2 unspecified atom stereocenters. The van der Waals surface area contributed by atoms with Gasteiger partial charge in [0.15, 0.2) is 0 Å². The van der Waals surface area contributed by atoms with Crippen LogP contribution in [-0.2, 0) is 9.59 Å². The Hall–Kier alpha value is -3.19. The number of carboxylic acids is 1. The molecule has 1 amide bonds. The first-order valence-electron chi connectivity index (χ1n) is 8.16. The molecule has 7 nitrogen and oxygen atoms in total. The van der Waals surface area contributed by atoms with E-state index in [0.29, 0.717) is 17.0 Å². The van der Waals surface area contributed by atoms with Gasteiger partial charge in [0.25, 0.3) is 5.91 Å². The van der Waals surface area contributed by atoms with E-state index in [2.05, 4.69) is 10.4 Å². The van der Waals surface area contributed by atoms with Crippen LogP contribution in [0.25, 0.3) is 0 Å². The number of rotatable bonds is 6. The van der Waals surface area contributed by atoms with Crippen molar-refractivity contribution in [2.75, 3.05) is 11.6 Å². The van der Waals surface area contributed by atoms with Crippen LogP contribution in [0.5, 0.6) is 5.75 Å². The van der Waals surface area contributed by atoms with Crippen LogP contribution in [0, 0.1) is 5.92 Å². The fourth-order valence-corrected chi connectivity index (χ4v) is 3.07. The third-order valence-electron chi connectivity index (χ3n) is 4.26. The Kier molecular flexibility index (Phi) is 4.99. The summed E-state index contributed by atoms with van der Waals surface area (Å²) in [5.74, 6) is -2.05. The molecule has 0 aliphatic carbocycles. The van der Waals surface area contributed by atoms with E-state index >= 15 is 0 Å². The minimum absolute atomic E-state index is 0.00542. The highest BCUT2D eigenvalue weighted by Crippen LogP contribution is 2.35. The van der Waals surface area contributed by atoms with Gasteiger partial charge in [-0.25, -0.2) is 5.01 Å². The third kappa shape index (κ3) is 3.43. The molecule has 3 rings (SSSR count). The van der Waals surface area contributed by atoms with Crippen molar-refractivity contribution in [2.24, 2.45) is 11.0 Å². The largest absolute Gasteiger partial charge is 0.508 e. The summed E-state index contributed by atoms with van der Waals surface area (Å²) in [5.41, 5.74) is 1.63. The van der Waals surface area contributed by atoms with Gasteiger partial charge in [-0.15, -0.1) is 0 Å². The topological polar surface area (TPSA) is 102 Å². The number of carbonyl (C=O) groups is 2. The van der Waals surface area contributed by atoms with Crippen LogP contribution < -0.4 is 10.3 Å². The molecular weight excluding hydrogens is 334 g/mol. The van der Waals surface area contributed by atoms with Crippen molar-refractivity contribution in [1.29, 1.82) is 0 Å². The van der Waals surface area contributed by atoms with Crippen LogP contribution >= 0.6 is 0 Å². The minimum atomic E-state index is -1.05. The molecule has 2 aromatic rings. The second kappa shape index (κ2) is 7.37. The molecule has 0 saturated carbocycles. The lowest BCUT2D eigenvalue weighted by Crippen LogP contribution is -2.39. The molecule has 0 aromatic heterocycles. The van der Waals surface area contributed by atoms with Gasteiger partial charge >= 0.3 is 5.97 Å². The molecule has 0 saturated heterocycles. The van der Waals surface area contributed by atoms with E-state index in [9.17, 15) is 14.7 Å². The summed E-state index contributed by atoms with van der Waals surface area (Å²) in [6.45, 7) is 1.38. The number of nitrogens with one attached hydrogen (secondary N) is 1. The zero-order chi connectivity index (χ0) is 18.7. The van der Waals surface area contributed by atoms with Gasteiger partial charge in [0.05, 0.1) is 29.9 Å². The minimum Gasteiger partial charge on any atom is -0.508 e. The number of phenolic OH excluding ortho intramolecular Hbond substituents is 1. The molecule has 7 heteroatoms. The summed E-state index contributed by atoms with van der Waals surface area (Å²) in [4.78, 5) is 24.1. The number of anilines is 1. The lowest BCUT2D eigenvalue weighted by atomic mass is 9.88. The molecular formula is C19H19N3O4. The number of hydrogen-bond donors (Lipinski definition) is 3. The second-order valence-corrected chi connectivity index (χ2v) is 6.02. The van der Waals surface area contributed by atoms with Gasteiger partial charge in [0.2, 0.25) is 0 Å². The van der Waals surface area contributed by atoms with Crippen molar-refractivity contribution < 1.29 is 19.8 Å². The molecule has 3 N–H and O–H groups in total. The molecule has 2 atom stereocenters. The van der Waals surface area contributed by atoms with E-state index in [-0.39, 0.29) is 18.2 Å². The zero-order valence-corrected chi connectivity index (χ0v) is 14.2. The number of benzene rings is 2. The fraction of sp³-hybridized carbons (Fsp3) is 0.211. The van der Waals surface area contributed by atoms with Crippen LogP contribution in [-0.4, -0.2) is 34.3 Å². The van der Waals surface area contributed by atoms with Gasteiger partial charge in [0, 0.05) is 5.56 Å². The summed E-state index contributed by atoms with van der Waals surface area (Å²) < 4.78 is 0. The summed E-state index contributed by atoms with van der Waals surface area (Å²) >= 11 is 0. The van der Waals surface area contributed by atoms with Crippen molar-refractivity contribution in [2.45, 2.75) is 13.0 Å². The van der Waals surface area contributed by atoms with Gasteiger partial charge in [-0.05, 0) is 25.1 Å². The summed E-state index contributed by atoms with van der Waals surface area (Å²) in [6, 6.07) is 14.9. The maximum atomic E-state index is 13.0. The fourth-order valence-electron chi connectivity index (χ4n) is 3.07. The molecule has 26 heavy (non-hydrogen) atoms. The molecule has 1 aliphatic heterocycles. The van der Waals surface area contributed by atoms with Crippen LogP contribution in [0.1, 0.15) is 18.5 Å². The van der Waals surface area contributed by atoms with E-state index < -0.39 is 17.9 Å². The molecule has 0 fully saturated rings. The Bertz CT molecular complexity index is 851. The highest BCUT2D eigenvalue weighted by molar-refractivity contribution is 6.15. The van der Waals surface area contributed by atoms with E-state index in [1.54, 1.807) is 37.3 Å². The first-order chi connectivity index (χ1) is 12.5. The molecule has 0 bridgehead atoms. The number of hydrazone groups is 1. The first-order valence-corrected chi connectivity index (χ1v) is 8.16. The van der Waals surface area contributed by atoms with E-state index in [1.807, 2.05) is 18.2 Å². The monoisotopic (exact) mass is 353 g/mol. The number of phenols is 1. The van der Waals surface area contributed by atoms with Crippen LogP contribution in [0.2, 0.25) is 0 Å². The van der Waals surface area contributed by atoms with Crippen molar-refractivity contribution in [3.8, 4) is 5.75 Å². The third-order valence-corrected chi connectivity index (χ3v) is 4.26. The van der Waals surface area contributed by atoms with Gasteiger partial charge in [0.1, 0.15) is 5.75 Å². The molecule has 0 radical (unpaired) electrons. The number of para-hydroxylation sites is 2.